The number of hydrogen-bond donors (Lipinski definition) is 1. The monoisotopic (exact) mass is 250 g/mol. The van der Waals surface area contributed by atoms with Crippen molar-refractivity contribution in [2.45, 2.75) is 26.4 Å². The third-order valence-electron chi connectivity index (χ3n) is 3.23. The molecule has 0 saturated heterocycles. The highest BCUT2D eigenvalue weighted by Gasteiger charge is 2.12. The molecule has 2 nitrogen and oxygen atoms in total. The first-order chi connectivity index (χ1) is 9.20. The van der Waals surface area contributed by atoms with Gasteiger partial charge in [-0.3, -0.25) is 5.32 Å². The molecule has 19 heavy (non-hydrogen) atoms. The van der Waals surface area contributed by atoms with Gasteiger partial charge in [0.05, 0.1) is 6.07 Å². The molecule has 1 N–H and O–H groups in total. The molecular weight excluding hydrogens is 232 g/mol. The molecule has 0 spiro atoms. The summed E-state index contributed by atoms with van der Waals surface area (Å²) in [6.45, 7) is 4.80. The van der Waals surface area contributed by atoms with Crippen LogP contribution in [0.5, 0.6) is 0 Å². The summed E-state index contributed by atoms with van der Waals surface area (Å²) in [5.41, 5.74) is 4.59. The first-order valence-corrected chi connectivity index (χ1v) is 6.45. The van der Waals surface area contributed by atoms with E-state index >= 15 is 0 Å². The standard InChI is InChI=1S/C17H18N2/c1-13-8-9-14(2)16(10-13)17(11-18)19-12-15-6-4-3-5-7-15/h3-10,17,19H,12H2,1-2H3. The molecule has 0 radical (unpaired) electrons. The van der Waals surface area contributed by atoms with E-state index in [0.29, 0.717) is 6.54 Å². The molecule has 1 unspecified atom stereocenters. The van der Waals surface area contributed by atoms with Crippen LogP contribution >= 0.6 is 0 Å². The predicted molar refractivity (Wildman–Crippen MR) is 77.6 cm³/mol. The van der Waals surface area contributed by atoms with Crippen molar-refractivity contribution in [2.24, 2.45) is 0 Å². The zero-order valence-corrected chi connectivity index (χ0v) is 11.4. The second kappa shape index (κ2) is 6.17. The highest BCUT2D eigenvalue weighted by atomic mass is 14.9. The van der Waals surface area contributed by atoms with Crippen LogP contribution in [0.4, 0.5) is 0 Å². The fourth-order valence-electron chi connectivity index (χ4n) is 2.11. The van der Waals surface area contributed by atoms with Crippen LogP contribution in [0.3, 0.4) is 0 Å². The summed E-state index contributed by atoms with van der Waals surface area (Å²) in [6, 6.07) is 18.4. The van der Waals surface area contributed by atoms with Crippen molar-refractivity contribution < 1.29 is 0 Å². The van der Waals surface area contributed by atoms with E-state index < -0.39 is 0 Å². The molecule has 0 amide bonds. The van der Waals surface area contributed by atoms with Gasteiger partial charge < -0.3 is 0 Å². The van der Waals surface area contributed by atoms with E-state index in [0.717, 1.165) is 11.1 Å². The van der Waals surface area contributed by atoms with Crippen molar-refractivity contribution >= 4 is 0 Å². The van der Waals surface area contributed by atoms with Crippen molar-refractivity contribution in [3.8, 4) is 6.07 Å². The number of nitriles is 1. The fourth-order valence-corrected chi connectivity index (χ4v) is 2.11. The van der Waals surface area contributed by atoms with E-state index in [4.69, 9.17) is 0 Å². The Bertz CT molecular complexity index is 582. The lowest BCUT2D eigenvalue weighted by molar-refractivity contribution is 0.627. The maximum absolute atomic E-state index is 9.36. The van der Waals surface area contributed by atoms with Crippen LogP contribution in [-0.4, -0.2) is 0 Å². The van der Waals surface area contributed by atoms with Gasteiger partial charge in [-0.1, -0.05) is 54.1 Å². The van der Waals surface area contributed by atoms with Gasteiger partial charge in [-0.2, -0.15) is 5.26 Å². The quantitative estimate of drug-likeness (QED) is 0.899. The average molecular weight is 250 g/mol. The van der Waals surface area contributed by atoms with E-state index in [9.17, 15) is 5.26 Å². The molecule has 0 aromatic heterocycles. The van der Waals surface area contributed by atoms with Crippen LogP contribution in [0.2, 0.25) is 0 Å². The Hall–Kier alpha value is -2.11. The van der Waals surface area contributed by atoms with Crippen LogP contribution in [0.15, 0.2) is 48.5 Å². The number of nitrogens with zero attached hydrogens (tertiary/aromatic N) is 1. The van der Waals surface area contributed by atoms with Gasteiger partial charge in [0.1, 0.15) is 6.04 Å². The Morgan fingerprint density at radius 3 is 2.53 bits per heavy atom. The van der Waals surface area contributed by atoms with E-state index in [-0.39, 0.29) is 6.04 Å². The summed E-state index contributed by atoms with van der Waals surface area (Å²) in [6.07, 6.45) is 0. The molecule has 2 rings (SSSR count). The van der Waals surface area contributed by atoms with Crippen molar-refractivity contribution in [1.29, 1.82) is 5.26 Å². The summed E-state index contributed by atoms with van der Waals surface area (Å²) in [5, 5.41) is 12.7. The molecule has 96 valence electrons. The first kappa shape index (κ1) is 13.3. The molecule has 0 aliphatic heterocycles. The molecule has 0 fully saturated rings. The van der Waals surface area contributed by atoms with Gasteiger partial charge >= 0.3 is 0 Å². The lowest BCUT2D eigenvalue weighted by atomic mass is 9.99. The van der Waals surface area contributed by atoms with Gasteiger partial charge in [0.2, 0.25) is 0 Å². The smallest absolute Gasteiger partial charge is 0.121 e. The summed E-state index contributed by atoms with van der Waals surface area (Å²) >= 11 is 0. The average Bonchev–Trinajstić information content (AvgIpc) is 2.44. The van der Waals surface area contributed by atoms with Crippen molar-refractivity contribution in [2.75, 3.05) is 0 Å². The summed E-state index contributed by atoms with van der Waals surface area (Å²) in [7, 11) is 0. The Kier molecular flexibility index (Phi) is 4.33. The molecule has 0 saturated carbocycles. The van der Waals surface area contributed by atoms with Gasteiger partial charge in [-0.05, 0) is 30.5 Å². The molecule has 0 aliphatic rings. The van der Waals surface area contributed by atoms with Crippen LogP contribution in [0.1, 0.15) is 28.3 Å². The third kappa shape index (κ3) is 3.43. The van der Waals surface area contributed by atoms with Crippen LogP contribution in [0.25, 0.3) is 0 Å². The highest BCUT2D eigenvalue weighted by Crippen LogP contribution is 2.19. The Labute approximate surface area is 114 Å². The first-order valence-electron chi connectivity index (χ1n) is 6.45. The summed E-state index contributed by atoms with van der Waals surface area (Å²) in [5.74, 6) is 0. The Morgan fingerprint density at radius 1 is 1.11 bits per heavy atom. The van der Waals surface area contributed by atoms with Gasteiger partial charge in [0, 0.05) is 6.54 Å². The minimum Gasteiger partial charge on any atom is -0.294 e. The van der Waals surface area contributed by atoms with Crippen molar-refractivity contribution in [1.82, 2.24) is 5.32 Å². The minimum atomic E-state index is -0.264. The molecule has 1 atom stereocenters. The maximum Gasteiger partial charge on any atom is 0.121 e. The van der Waals surface area contributed by atoms with Crippen LogP contribution < -0.4 is 5.32 Å². The number of hydrogen-bond acceptors (Lipinski definition) is 2. The second-order valence-corrected chi connectivity index (χ2v) is 4.79. The number of benzene rings is 2. The lowest BCUT2D eigenvalue weighted by Gasteiger charge is -2.15. The lowest BCUT2D eigenvalue weighted by Crippen LogP contribution is -2.20. The normalized spacial score (nSPS) is 11.8. The number of aryl methyl sites for hydroxylation is 2. The molecule has 0 bridgehead atoms. The van der Waals surface area contributed by atoms with Gasteiger partial charge in [-0.15, -0.1) is 0 Å². The third-order valence-corrected chi connectivity index (χ3v) is 3.23. The second-order valence-electron chi connectivity index (χ2n) is 4.79. The van der Waals surface area contributed by atoms with Crippen LogP contribution in [-0.2, 0) is 6.54 Å². The fraction of sp³-hybridized carbons (Fsp3) is 0.235. The van der Waals surface area contributed by atoms with Gasteiger partial charge in [0.25, 0.3) is 0 Å². The van der Waals surface area contributed by atoms with E-state index in [1.807, 2.05) is 25.1 Å². The molecule has 2 heteroatoms. The summed E-state index contributed by atoms with van der Waals surface area (Å²) < 4.78 is 0. The molecule has 2 aromatic carbocycles. The van der Waals surface area contributed by atoms with E-state index in [1.54, 1.807) is 0 Å². The maximum atomic E-state index is 9.36. The zero-order chi connectivity index (χ0) is 13.7. The molecule has 0 aliphatic carbocycles. The topological polar surface area (TPSA) is 35.8 Å². The Morgan fingerprint density at radius 2 is 1.84 bits per heavy atom. The largest absolute Gasteiger partial charge is 0.294 e. The predicted octanol–water partition coefficient (Wildman–Crippen LogP) is 3.66. The number of rotatable bonds is 4. The van der Waals surface area contributed by atoms with Crippen molar-refractivity contribution in [3.63, 3.8) is 0 Å². The highest BCUT2D eigenvalue weighted by molar-refractivity contribution is 5.35. The zero-order valence-electron chi connectivity index (χ0n) is 11.4. The van der Waals surface area contributed by atoms with Crippen molar-refractivity contribution in [3.05, 3.63) is 70.8 Å². The van der Waals surface area contributed by atoms with Gasteiger partial charge in [-0.25, -0.2) is 0 Å². The SMILES string of the molecule is Cc1ccc(C)c(C(C#N)NCc2ccccc2)c1. The molecule has 0 heterocycles. The van der Waals surface area contributed by atoms with Gasteiger partial charge in [0.15, 0.2) is 0 Å². The summed E-state index contributed by atoms with van der Waals surface area (Å²) in [4.78, 5) is 0. The minimum absolute atomic E-state index is 0.264. The van der Waals surface area contributed by atoms with E-state index in [1.165, 1.54) is 11.1 Å². The molecule has 2 aromatic rings. The molecular formula is C17H18N2. The van der Waals surface area contributed by atoms with E-state index in [2.05, 4.69) is 48.6 Å². The number of nitrogens with one attached hydrogen (secondary N) is 1. The Balaban J connectivity index is 2.13. The van der Waals surface area contributed by atoms with Crippen LogP contribution in [0, 0.1) is 25.2 Å².